The molecule has 2 aromatic rings. The Balaban J connectivity index is 2.14. The van der Waals surface area contributed by atoms with Crippen LogP contribution in [0.4, 0.5) is 5.69 Å². The maximum absolute atomic E-state index is 12.8. The number of nitrogens with one attached hydrogen (secondary N) is 2. The standard InChI is InChI=1S/C20H28N2O3S/c1-15-7-9-19(12-17(15)3)22-26(23,24)20-13-18(8-6-16(20)2)14-21-10-5-11-25-4/h6-9,12-13,21-22H,5,10-11,14H2,1-4H3. The summed E-state index contributed by atoms with van der Waals surface area (Å²) in [6.45, 7) is 7.93. The summed E-state index contributed by atoms with van der Waals surface area (Å²) < 4.78 is 33.4. The van der Waals surface area contributed by atoms with Gasteiger partial charge in [0.1, 0.15) is 0 Å². The smallest absolute Gasteiger partial charge is 0.262 e. The predicted molar refractivity (Wildman–Crippen MR) is 106 cm³/mol. The van der Waals surface area contributed by atoms with Crippen LogP contribution >= 0.6 is 0 Å². The minimum absolute atomic E-state index is 0.312. The number of anilines is 1. The van der Waals surface area contributed by atoms with E-state index >= 15 is 0 Å². The number of benzene rings is 2. The van der Waals surface area contributed by atoms with Crippen molar-refractivity contribution in [3.8, 4) is 0 Å². The highest BCUT2D eigenvalue weighted by Gasteiger charge is 2.18. The normalized spacial score (nSPS) is 11.5. The van der Waals surface area contributed by atoms with Gasteiger partial charge in [-0.25, -0.2) is 8.42 Å². The number of rotatable bonds is 9. The summed E-state index contributed by atoms with van der Waals surface area (Å²) in [5.41, 5.74) is 4.43. The average Bonchev–Trinajstić information content (AvgIpc) is 2.59. The zero-order valence-electron chi connectivity index (χ0n) is 15.9. The van der Waals surface area contributed by atoms with Crippen LogP contribution in [0, 0.1) is 20.8 Å². The van der Waals surface area contributed by atoms with Crippen LogP contribution in [-0.4, -0.2) is 28.7 Å². The minimum atomic E-state index is -3.63. The van der Waals surface area contributed by atoms with Crippen LogP contribution in [0.2, 0.25) is 0 Å². The summed E-state index contributed by atoms with van der Waals surface area (Å²) in [6.07, 6.45) is 0.918. The van der Waals surface area contributed by atoms with Gasteiger partial charge in [0.05, 0.1) is 4.90 Å². The molecular weight excluding hydrogens is 348 g/mol. The molecule has 0 spiro atoms. The molecule has 2 N–H and O–H groups in total. The van der Waals surface area contributed by atoms with Crippen molar-refractivity contribution in [2.75, 3.05) is 25.0 Å². The van der Waals surface area contributed by atoms with Gasteiger partial charge in [-0.1, -0.05) is 18.2 Å². The molecule has 0 aliphatic rings. The number of ether oxygens (including phenoxy) is 1. The maximum Gasteiger partial charge on any atom is 0.262 e. The van der Waals surface area contributed by atoms with E-state index in [-0.39, 0.29) is 0 Å². The third-order valence-electron chi connectivity index (χ3n) is 4.33. The molecule has 0 aromatic heterocycles. The zero-order valence-corrected chi connectivity index (χ0v) is 16.7. The Bertz CT molecular complexity index is 848. The largest absolute Gasteiger partial charge is 0.385 e. The number of sulfonamides is 1. The zero-order chi connectivity index (χ0) is 19.2. The fraction of sp³-hybridized carbons (Fsp3) is 0.400. The van der Waals surface area contributed by atoms with Gasteiger partial charge < -0.3 is 10.1 Å². The molecule has 2 aromatic carbocycles. The molecule has 0 saturated carbocycles. The lowest BCUT2D eigenvalue weighted by molar-refractivity contribution is 0.194. The summed E-state index contributed by atoms with van der Waals surface area (Å²) >= 11 is 0. The van der Waals surface area contributed by atoms with Crippen molar-refractivity contribution in [3.63, 3.8) is 0 Å². The van der Waals surface area contributed by atoms with Gasteiger partial charge in [-0.2, -0.15) is 0 Å². The van der Waals surface area contributed by atoms with Gasteiger partial charge in [0.15, 0.2) is 0 Å². The molecule has 2 rings (SSSR count). The van der Waals surface area contributed by atoms with Crippen LogP contribution in [0.3, 0.4) is 0 Å². The molecule has 0 amide bonds. The van der Waals surface area contributed by atoms with Gasteiger partial charge >= 0.3 is 0 Å². The second-order valence-corrected chi connectivity index (χ2v) is 8.18. The number of hydrogen-bond donors (Lipinski definition) is 2. The van der Waals surface area contributed by atoms with E-state index in [4.69, 9.17) is 4.74 Å². The van der Waals surface area contributed by atoms with Crippen LogP contribution in [0.1, 0.15) is 28.7 Å². The van der Waals surface area contributed by atoms with Crippen molar-refractivity contribution in [3.05, 3.63) is 58.7 Å². The summed E-state index contributed by atoms with van der Waals surface area (Å²) in [5, 5.41) is 3.30. The monoisotopic (exact) mass is 376 g/mol. The van der Waals surface area contributed by atoms with Gasteiger partial charge in [-0.3, -0.25) is 4.72 Å². The third-order valence-corrected chi connectivity index (χ3v) is 5.86. The Kier molecular flexibility index (Phi) is 7.20. The first-order valence-electron chi connectivity index (χ1n) is 8.73. The van der Waals surface area contributed by atoms with E-state index in [1.165, 1.54) is 0 Å². The van der Waals surface area contributed by atoms with E-state index in [0.29, 0.717) is 23.7 Å². The van der Waals surface area contributed by atoms with Gasteiger partial charge in [-0.15, -0.1) is 0 Å². The predicted octanol–water partition coefficient (Wildman–Crippen LogP) is 3.54. The summed E-state index contributed by atoms with van der Waals surface area (Å²) in [4.78, 5) is 0.312. The average molecular weight is 377 g/mol. The van der Waals surface area contributed by atoms with Crippen molar-refractivity contribution in [1.29, 1.82) is 0 Å². The molecule has 26 heavy (non-hydrogen) atoms. The quantitative estimate of drug-likeness (QED) is 0.657. The van der Waals surface area contributed by atoms with Crippen LogP contribution < -0.4 is 10.0 Å². The molecule has 0 heterocycles. The summed E-state index contributed by atoms with van der Waals surface area (Å²) in [5.74, 6) is 0. The topological polar surface area (TPSA) is 67.4 Å². The maximum atomic E-state index is 12.8. The minimum Gasteiger partial charge on any atom is -0.385 e. The number of aryl methyl sites for hydroxylation is 3. The Hall–Kier alpha value is -1.89. The molecule has 6 heteroatoms. The second-order valence-electron chi connectivity index (χ2n) is 6.53. The van der Waals surface area contributed by atoms with E-state index in [1.807, 2.05) is 45.0 Å². The first-order valence-corrected chi connectivity index (χ1v) is 10.2. The van der Waals surface area contributed by atoms with Gasteiger partial charge in [-0.05, 0) is 74.2 Å². The molecule has 0 aliphatic carbocycles. The molecule has 5 nitrogen and oxygen atoms in total. The molecule has 142 valence electrons. The SMILES string of the molecule is COCCCNCc1ccc(C)c(S(=O)(=O)Nc2ccc(C)c(C)c2)c1. The molecule has 0 fully saturated rings. The van der Waals surface area contributed by atoms with Crippen molar-refractivity contribution in [1.82, 2.24) is 5.32 Å². The fourth-order valence-corrected chi connectivity index (χ4v) is 3.98. The Morgan fingerprint density at radius 1 is 0.962 bits per heavy atom. The number of hydrogen-bond acceptors (Lipinski definition) is 4. The van der Waals surface area contributed by atoms with Crippen LogP contribution in [-0.2, 0) is 21.3 Å². The molecule has 0 radical (unpaired) electrons. The van der Waals surface area contributed by atoms with Crippen molar-refractivity contribution < 1.29 is 13.2 Å². The lowest BCUT2D eigenvalue weighted by atomic mass is 10.1. The van der Waals surface area contributed by atoms with Crippen molar-refractivity contribution >= 4 is 15.7 Å². The van der Waals surface area contributed by atoms with E-state index in [1.54, 1.807) is 19.2 Å². The van der Waals surface area contributed by atoms with E-state index in [0.717, 1.165) is 35.2 Å². The molecule has 0 saturated heterocycles. The fourth-order valence-electron chi connectivity index (χ4n) is 2.63. The van der Waals surface area contributed by atoms with Crippen LogP contribution in [0.5, 0.6) is 0 Å². The molecule has 0 unspecified atom stereocenters. The molecule has 0 bridgehead atoms. The van der Waals surface area contributed by atoms with Gasteiger partial charge in [0, 0.05) is 25.9 Å². The first kappa shape index (κ1) is 20.4. The van der Waals surface area contributed by atoms with Crippen molar-refractivity contribution in [2.24, 2.45) is 0 Å². The Morgan fingerprint density at radius 2 is 1.69 bits per heavy atom. The summed E-state index contributed by atoms with van der Waals surface area (Å²) in [7, 11) is -1.95. The highest BCUT2D eigenvalue weighted by Crippen LogP contribution is 2.22. The first-order chi connectivity index (χ1) is 12.3. The number of methoxy groups -OCH3 is 1. The highest BCUT2D eigenvalue weighted by atomic mass is 32.2. The van der Waals surface area contributed by atoms with Gasteiger partial charge in [0.25, 0.3) is 10.0 Å². The van der Waals surface area contributed by atoms with Crippen LogP contribution in [0.25, 0.3) is 0 Å². The Labute approximate surface area is 156 Å². The highest BCUT2D eigenvalue weighted by molar-refractivity contribution is 7.92. The van der Waals surface area contributed by atoms with Crippen LogP contribution in [0.15, 0.2) is 41.3 Å². The van der Waals surface area contributed by atoms with E-state index in [2.05, 4.69) is 10.0 Å². The lowest BCUT2D eigenvalue weighted by Gasteiger charge is -2.13. The molecular formula is C20H28N2O3S. The summed E-state index contributed by atoms with van der Waals surface area (Å²) in [6, 6.07) is 11.1. The van der Waals surface area contributed by atoms with E-state index < -0.39 is 10.0 Å². The van der Waals surface area contributed by atoms with E-state index in [9.17, 15) is 8.42 Å². The molecule has 0 aliphatic heterocycles. The van der Waals surface area contributed by atoms with Gasteiger partial charge in [0.2, 0.25) is 0 Å². The second kappa shape index (κ2) is 9.16. The van der Waals surface area contributed by atoms with Crippen molar-refractivity contribution in [2.45, 2.75) is 38.6 Å². The lowest BCUT2D eigenvalue weighted by Crippen LogP contribution is -2.18. The third kappa shape index (κ3) is 5.56. The Morgan fingerprint density at radius 3 is 2.38 bits per heavy atom. The molecule has 0 atom stereocenters.